The van der Waals surface area contributed by atoms with Gasteiger partial charge in [-0.1, -0.05) is 6.92 Å². The lowest BCUT2D eigenvalue weighted by Gasteiger charge is -2.22. The monoisotopic (exact) mass is 161 g/mol. The molecule has 1 N–H and O–H groups in total. The molecule has 2 nitrogen and oxygen atoms in total. The highest BCUT2D eigenvalue weighted by atomic mass is 32.2. The van der Waals surface area contributed by atoms with Crippen LogP contribution in [0.4, 0.5) is 0 Å². The van der Waals surface area contributed by atoms with Crippen molar-refractivity contribution in [2.45, 2.75) is 24.8 Å². The van der Waals surface area contributed by atoms with Gasteiger partial charge in [-0.25, -0.2) is 0 Å². The zero-order valence-corrected chi connectivity index (χ0v) is 7.40. The van der Waals surface area contributed by atoms with Crippen molar-refractivity contribution in [3.05, 3.63) is 0 Å². The molecule has 0 aliphatic carbocycles. The van der Waals surface area contributed by atoms with Gasteiger partial charge in [0.05, 0.1) is 11.5 Å². The number of likely N-dealkylation sites (N-methyl/N-ethyl adjacent to an activating group) is 1. The van der Waals surface area contributed by atoms with Crippen LogP contribution >= 0.6 is 11.8 Å². The smallest absolute Gasteiger partial charge is 0.0818 e. The third-order valence-corrected chi connectivity index (χ3v) is 3.35. The minimum Gasteiger partial charge on any atom is -0.391 e. The number of aliphatic hydroxyl groups excluding tert-OH is 1. The summed E-state index contributed by atoms with van der Waals surface area (Å²) in [6.07, 6.45) is 0.722. The van der Waals surface area contributed by atoms with Gasteiger partial charge in [0, 0.05) is 12.3 Å². The van der Waals surface area contributed by atoms with E-state index in [1.54, 1.807) is 0 Å². The molecular formula is C7H15NOS. The Morgan fingerprint density at radius 2 is 2.50 bits per heavy atom. The Balaban J connectivity index is 2.38. The quantitative estimate of drug-likeness (QED) is 0.647. The molecule has 2 atom stereocenters. The van der Waals surface area contributed by atoms with Gasteiger partial charge >= 0.3 is 0 Å². The number of nitrogens with zero attached hydrogens (tertiary/aromatic N) is 1. The van der Waals surface area contributed by atoms with E-state index in [0.29, 0.717) is 5.37 Å². The first-order valence-corrected chi connectivity index (χ1v) is 4.80. The number of aliphatic hydroxyl groups is 1. The summed E-state index contributed by atoms with van der Waals surface area (Å²) in [6.45, 7) is 3.14. The molecule has 2 unspecified atom stereocenters. The van der Waals surface area contributed by atoms with Gasteiger partial charge in [-0.3, -0.25) is 4.90 Å². The molecule has 0 bridgehead atoms. The third-order valence-electron chi connectivity index (χ3n) is 1.91. The van der Waals surface area contributed by atoms with Crippen LogP contribution in [-0.4, -0.2) is 40.8 Å². The lowest BCUT2D eigenvalue weighted by molar-refractivity contribution is 0.114. The Labute approximate surface area is 66.6 Å². The molecule has 1 rings (SSSR count). The molecule has 1 fully saturated rings. The lowest BCUT2D eigenvalue weighted by atomic mass is 10.2. The van der Waals surface area contributed by atoms with Crippen molar-refractivity contribution in [1.29, 1.82) is 0 Å². The van der Waals surface area contributed by atoms with Gasteiger partial charge in [0.2, 0.25) is 0 Å². The summed E-state index contributed by atoms with van der Waals surface area (Å²) in [5.41, 5.74) is 0. The van der Waals surface area contributed by atoms with E-state index in [-0.39, 0.29) is 6.10 Å². The van der Waals surface area contributed by atoms with Crippen LogP contribution in [0.3, 0.4) is 0 Å². The van der Waals surface area contributed by atoms with E-state index in [2.05, 4.69) is 11.9 Å². The number of rotatable bonds is 2. The third kappa shape index (κ3) is 1.65. The van der Waals surface area contributed by atoms with E-state index in [4.69, 9.17) is 0 Å². The predicted octanol–water partition coefficient (Wildman–Crippen LogP) is 0.762. The minimum atomic E-state index is -0.141. The van der Waals surface area contributed by atoms with Crippen LogP contribution in [0.25, 0.3) is 0 Å². The highest BCUT2D eigenvalue weighted by molar-refractivity contribution is 8.00. The van der Waals surface area contributed by atoms with Gasteiger partial charge in [0.25, 0.3) is 0 Å². The molecule has 0 aromatic heterocycles. The van der Waals surface area contributed by atoms with Crippen LogP contribution in [-0.2, 0) is 0 Å². The number of thioether (sulfide) groups is 1. The Hall–Kier alpha value is 0.270. The zero-order chi connectivity index (χ0) is 7.56. The Kier molecular flexibility index (Phi) is 3.01. The van der Waals surface area contributed by atoms with Gasteiger partial charge in [0.1, 0.15) is 0 Å². The first-order chi connectivity index (χ1) is 4.75. The summed E-state index contributed by atoms with van der Waals surface area (Å²) in [5, 5.41) is 9.82. The fraction of sp³-hybridized carbons (Fsp3) is 1.00. The summed E-state index contributed by atoms with van der Waals surface area (Å²) in [7, 11) is 2.07. The minimum absolute atomic E-state index is 0.141. The molecule has 0 radical (unpaired) electrons. The van der Waals surface area contributed by atoms with E-state index in [1.807, 2.05) is 18.7 Å². The van der Waals surface area contributed by atoms with E-state index < -0.39 is 0 Å². The number of hydrogen-bond donors (Lipinski definition) is 1. The SMILES string of the molecule is CCC(O)C1SCCN1C. The van der Waals surface area contributed by atoms with Crippen molar-refractivity contribution < 1.29 is 5.11 Å². The fourth-order valence-corrected chi connectivity index (χ4v) is 2.59. The predicted molar refractivity (Wildman–Crippen MR) is 45.2 cm³/mol. The molecule has 0 aromatic carbocycles. The summed E-state index contributed by atoms with van der Waals surface area (Å²) in [5.74, 6) is 1.16. The maximum Gasteiger partial charge on any atom is 0.0818 e. The van der Waals surface area contributed by atoms with E-state index in [0.717, 1.165) is 18.7 Å². The topological polar surface area (TPSA) is 23.5 Å². The second-order valence-electron chi connectivity index (χ2n) is 2.72. The van der Waals surface area contributed by atoms with Gasteiger partial charge < -0.3 is 5.11 Å². The molecule has 0 amide bonds. The molecule has 10 heavy (non-hydrogen) atoms. The van der Waals surface area contributed by atoms with Crippen LogP contribution in [0.5, 0.6) is 0 Å². The highest BCUT2D eigenvalue weighted by Crippen LogP contribution is 2.25. The standard InChI is InChI=1S/C7H15NOS/c1-3-6(9)7-8(2)4-5-10-7/h6-7,9H,3-5H2,1-2H3. The molecular weight excluding hydrogens is 146 g/mol. The van der Waals surface area contributed by atoms with Gasteiger partial charge in [-0.05, 0) is 13.5 Å². The van der Waals surface area contributed by atoms with Gasteiger partial charge in [-0.2, -0.15) is 0 Å². The van der Waals surface area contributed by atoms with Crippen LogP contribution in [0.2, 0.25) is 0 Å². The van der Waals surface area contributed by atoms with Crippen LogP contribution < -0.4 is 0 Å². The second-order valence-corrected chi connectivity index (χ2v) is 3.94. The summed E-state index contributed by atoms with van der Waals surface area (Å²) >= 11 is 1.86. The Morgan fingerprint density at radius 3 is 2.90 bits per heavy atom. The van der Waals surface area contributed by atoms with Crippen LogP contribution in [0.1, 0.15) is 13.3 Å². The van der Waals surface area contributed by atoms with E-state index in [1.165, 1.54) is 0 Å². The van der Waals surface area contributed by atoms with Crippen LogP contribution in [0, 0.1) is 0 Å². The molecule has 1 heterocycles. The van der Waals surface area contributed by atoms with E-state index >= 15 is 0 Å². The van der Waals surface area contributed by atoms with Crippen LogP contribution in [0.15, 0.2) is 0 Å². The molecule has 3 heteroatoms. The molecule has 1 aliphatic rings. The van der Waals surface area contributed by atoms with Crippen molar-refractivity contribution in [1.82, 2.24) is 4.90 Å². The van der Waals surface area contributed by atoms with Crippen molar-refractivity contribution in [2.75, 3.05) is 19.3 Å². The molecule has 60 valence electrons. The normalized spacial score (nSPS) is 30.9. The Morgan fingerprint density at radius 1 is 1.80 bits per heavy atom. The summed E-state index contributed by atoms with van der Waals surface area (Å²) in [4.78, 5) is 2.22. The number of hydrogen-bond acceptors (Lipinski definition) is 3. The van der Waals surface area contributed by atoms with E-state index in [9.17, 15) is 5.11 Å². The molecule has 1 aliphatic heterocycles. The molecule has 0 aromatic rings. The fourth-order valence-electron chi connectivity index (χ4n) is 1.18. The maximum atomic E-state index is 9.47. The van der Waals surface area contributed by atoms with Crippen molar-refractivity contribution >= 4 is 11.8 Å². The maximum absolute atomic E-state index is 9.47. The first-order valence-electron chi connectivity index (χ1n) is 3.75. The average molecular weight is 161 g/mol. The van der Waals surface area contributed by atoms with Crippen molar-refractivity contribution in [2.24, 2.45) is 0 Å². The van der Waals surface area contributed by atoms with Crippen molar-refractivity contribution in [3.63, 3.8) is 0 Å². The second kappa shape index (κ2) is 3.60. The first kappa shape index (κ1) is 8.37. The highest BCUT2D eigenvalue weighted by Gasteiger charge is 2.26. The van der Waals surface area contributed by atoms with Gasteiger partial charge in [-0.15, -0.1) is 11.8 Å². The van der Waals surface area contributed by atoms with Gasteiger partial charge in [0.15, 0.2) is 0 Å². The molecule has 1 saturated heterocycles. The van der Waals surface area contributed by atoms with Crippen molar-refractivity contribution in [3.8, 4) is 0 Å². The zero-order valence-electron chi connectivity index (χ0n) is 6.58. The summed E-state index contributed by atoms with van der Waals surface area (Å²) < 4.78 is 0. The lowest BCUT2D eigenvalue weighted by Crippen LogP contribution is -2.34. The molecule has 0 saturated carbocycles. The largest absolute Gasteiger partial charge is 0.391 e. The average Bonchev–Trinajstić information content (AvgIpc) is 2.34. The Bertz CT molecular complexity index is 110. The molecule has 0 spiro atoms. The summed E-state index contributed by atoms with van der Waals surface area (Å²) in [6, 6.07) is 0.